The lowest BCUT2D eigenvalue weighted by Gasteiger charge is -2.28. The summed E-state index contributed by atoms with van der Waals surface area (Å²) in [5.74, 6) is 0. The lowest BCUT2D eigenvalue weighted by Crippen LogP contribution is -2.49. The standard InChI is InChI=1S/C6H11N3O.ClH/c10-6-8-4-5-3-7-1-2-9(5)6;/h5,7H,1-4H2,(H,8,10);1H. The van der Waals surface area contributed by atoms with E-state index in [0.29, 0.717) is 6.04 Å². The van der Waals surface area contributed by atoms with Gasteiger partial charge in [0, 0.05) is 26.2 Å². The predicted molar refractivity (Wildman–Crippen MR) is 44.0 cm³/mol. The van der Waals surface area contributed by atoms with Crippen LogP contribution in [0.2, 0.25) is 0 Å². The zero-order chi connectivity index (χ0) is 6.97. The molecule has 4 nitrogen and oxygen atoms in total. The van der Waals surface area contributed by atoms with Gasteiger partial charge >= 0.3 is 6.03 Å². The monoisotopic (exact) mass is 177 g/mol. The molecule has 0 aromatic carbocycles. The molecule has 0 spiro atoms. The molecule has 1 unspecified atom stereocenters. The Kier molecular flexibility index (Phi) is 2.57. The number of amides is 2. The first kappa shape index (κ1) is 8.62. The minimum Gasteiger partial charge on any atom is -0.336 e. The Morgan fingerprint density at radius 1 is 1.45 bits per heavy atom. The van der Waals surface area contributed by atoms with E-state index in [1.54, 1.807) is 0 Å². The second-order valence-electron chi connectivity index (χ2n) is 2.74. The highest BCUT2D eigenvalue weighted by molar-refractivity contribution is 5.85. The van der Waals surface area contributed by atoms with Crippen LogP contribution in [0.3, 0.4) is 0 Å². The van der Waals surface area contributed by atoms with Crippen molar-refractivity contribution in [2.45, 2.75) is 6.04 Å². The number of carbonyl (C=O) groups excluding carboxylic acids is 1. The molecule has 0 aromatic rings. The highest BCUT2D eigenvalue weighted by Gasteiger charge is 2.31. The van der Waals surface area contributed by atoms with E-state index in [0.717, 1.165) is 26.2 Å². The molecular formula is C6H12ClN3O. The molecule has 1 atom stereocenters. The van der Waals surface area contributed by atoms with Crippen molar-refractivity contribution in [2.24, 2.45) is 0 Å². The zero-order valence-electron chi connectivity index (χ0n) is 6.17. The number of nitrogens with one attached hydrogen (secondary N) is 2. The molecule has 2 aliphatic rings. The molecule has 2 N–H and O–H groups in total. The van der Waals surface area contributed by atoms with Crippen LogP contribution in [0, 0.1) is 0 Å². The van der Waals surface area contributed by atoms with Gasteiger partial charge in [-0.25, -0.2) is 4.79 Å². The quantitative estimate of drug-likeness (QED) is 0.520. The molecule has 2 aliphatic heterocycles. The number of carbonyl (C=O) groups is 1. The molecule has 0 bridgehead atoms. The normalized spacial score (nSPS) is 28.9. The summed E-state index contributed by atoms with van der Waals surface area (Å²) in [5, 5.41) is 6.05. The minimum absolute atomic E-state index is 0. The van der Waals surface area contributed by atoms with E-state index < -0.39 is 0 Å². The minimum atomic E-state index is 0. The molecule has 2 saturated heterocycles. The van der Waals surface area contributed by atoms with Gasteiger partial charge in [0.25, 0.3) is 0 Å². The van der Waals surface area contributed by atoms with Crippen LogP contribution < -0.4 is 10.6 Å². The summed E-state index contributed by atoms with van der Waals surface area (Å²) in [7, 11) is 0. The molecule has 0 saturated carbocycles. The fourth-order valence-electron chi connectivity index (χ4n) is 1.52. The van der Waals surface area contributed by atoms with Gasteiger partial charge in [-0.2, -0.15) is 0 Å². The predicted octanol–water partition coefficient (Wildman–Crippen LogP) is -0.595. The summed E-state index contributed by atoms with van der Waals surface area (Å²) < 4.78 is 0. The number of piperazine rings is 1. The van der Waals surface area contributed by atoms with Crippen LogP contribution in [0.15, 0.2) is 0 Å². The number of halogens is 1. The summed E-state index contributed by atoms with van der Waals surface area (Å²) in [4.78, 5) is 12.9. The van der Waals surface area contributed by atoms with E-state index in [9.17, 15) is 4.79 Å². The Morgan fingerprint density at radius 3 is 3.00 bits per heavy atom. The molecule has 64 valence electrons. The van der Waals surface area contributed by atoms with Crippen molar-refractivity contribution in [1.82, 2.24) is 15.5 Å². The van der Waals surface area contributed by atoms with Gasteiger partial charge in [-0.15, -0.1) is 12.4 Å². The van der Waals surface area contributed by atoms with Crippen molar-refractivity contribution in [1.29, 1.82) is 0 Å². The van der Waals surface area contributed by atoms with Crippen molar-refractivity contribution >= 4 is 18.4 Å². The lowest BCUT2D eigenvalue weighted by atomic mass is 10.2. The smallest absolute Gasteiger partial charge is 0.317 e. The number of urea groups is 1. The molecule has 0 aromatic heterocycles. The van der Waals surface area contributed by atoms with E-state index in [1.165, 1.54) is 0 Å². The summed E-state index contributed by atoms with van der Waals surface area (Å²) in [6.07, 6.45) is 0. The van der Waals surface area contributed by atoms with Crippen molar-refractivity contribution < 1.29 is 4.79 Å². The van der Waals surface area contributed by atoms with Crippen molar-refractivity contribution in [3.05, 3.63) is 0 Å². The van der Waals surface area contributed by atoms with E-state index in [1.807, 2.05) is 4.90 Å². The van der Waals surface area contributed by atoms with Gasteiger partial charge in [-0.3, -0.25) is 0 Å². The second-order valence-corrected chi connectivity index (χ2v) is 2.74. The van der Waals surface area contributed by atoms with Crippen LogP contribution in [0.5, 0.6) is 0 Å². The van der Waals surface area contributed by atoms with Crippen LogP contribution in [0.25, 0.3) is 0 Å². The first-order chi connectivity index (χ1) is 4.88. The fourth-order valence-corrected chi connectivity index (χ4v) is 1.52. The van der Waals surface area contributed by atoms with Crippen LogP contribution >= 0.6 is 12.4 Å². The summed E-state index contributed by atoms with van der Waals surface area (Å²) in [6, 6.07) is 0.507. The van der Waals surface area contributed by atoms with Gasteiger partial charge in [0.1, 0.15) is 0 Å². The van der Waals surface area contributed by atoms with Gasteiger partial charge < -0.3 is 15.5 Å². The Balaban J connectivity index is 0.000000605. The van der Waals surface area contributed by atoms with E-state index in [2.05, 4.69) is 10.6 Å². The number of rotatable bonds is 0. The van der Waals surface area contributed by atoms with E-state index in [4.69, 9.17) is 0 Å². The van der Waals surface area contributed by atoms with Gasteiger partial charge in [-0.1, -0.05) is 0 Å². The number of nitrogens with zero attached hydrogens (tertiary/aromatic N) is 1. The van der Waals surface area contributed by atoms with Gasteiger partial charge in [0.2, 0.25) is 0 Å². The Morgan fingerprint density at radius 2 is 2.27 bits per heavy atom. The maximum Gasteiger partial charge on any atom is 0.317 e. The number of fused-ring (bicyclic) bond motifs is 1. The molecule has 11 heavy (non-hydrogen) atoms. The third-order valence-corrected chi connectivity index (χ3v) is 2.10. The fraction of sp³-hybridized carbons (Fsp3) is 0.833. The van der Waals surface area contributed by atoms with Gasteiger partial charge in [0.05, 0.1) is 6.04 Å². The van der Waals surface area contributed by atoms with Crippen LogP contribution in [0.1, 0.15) is 0 Å². The molecule has 0 radical (unpaired) electrons. The van der Waals surface area contributed by atoms with E-state index >= 15 is 0 Å². The SMILES string of the molecule is Cl.O=C1NCC2CNCCN12. The Hall–Kier alpha value is -0.480. The molecule has 5 heteroatoms. The Labute approximate surface area is 71.7 Å². The van der Waals surface area contributed by atoms with Gasteiger partial charge in [-0.05, 0) is 0 Å². The molecule has 0 aliphatic carbocycles. The van der Waals surface area contributed by atoms with Crippen LogP contribution in [-0.2, 0) is 0 Å². The zero-order valence-corrected chi connectivity index (χ0v) is 6.99. The molecule has 2 heterocycles. The first-order valence-corrected chi connectivity index (χ1v) is 3.63. The summed E-state index contributed by atoms with van der Waals surface area (Å²) in [6.45, 7) is 3.55. The first-order valence-electron chi connectivity index (χ1n) is 3.63. The average Bonchev–Trinajstić information content (AvgIpc) is 2.34. The van der Waals surface area contributed by atoms with Gasteiger partial charge in [0.15, 0.2) is 0 Å². The topological polar surface area (TPSA) is 44.4 Å². The molecular weight excluding hydrogens is 166 g/mol. The molecule has 2 fully saturated rings. The highest BCUT2D eigenvalue weighted by atomic mass is 35.5. The lowest BCUT2D eigenvalue weighted by molar-refractivity contribution is 0.191. The van der Waals surface area contributed by atoms with Crippen molar-refractivity contribution in [2.75, 3.05) is 26.2 Å². The average molecular weight is 178 g/mol. The van der Waals surface area contributed by atoms with E-state index in [-0.39, 0.29) is 18.4 Å². The summed E-state index contributed by atoms with van der Waals surface area (Å²) in [5.41, 5.74) is 0. The maximum absolute atomic E-state index is 11.0. The van der Waals surface area contributed by atoms with Crippen LogP contribution in [0.4, 0.5) is 4.79 Å². The summed E-state index contributed by atoms with van der Waals surface area (Å²) >= 11 is 0. The third-order valence-electron chi connectivity index (χ3n) is 2.10. The van der Waals surface area contributed by atoms with Crippen LogP contribution in [-0.4, -0.2) is 43.2 Å². The highest BCUT2D eigenvalue weighted by Crippen LogP contribution is 2.07. The maximum atomic E-state index is 11.0. The number of hydrogen-bond acceptors (Lipinski definition) is 2. The second kappa shape index (κ2) is 3.28. The van der Waals surface area contributed by atoms with Crippen molar-refractivity contribution in [3.63, 3.8) is 0 Å². The molecule has 2 amide bonds. The third kappa shape index (κ3) is 1.41. The Bertz CT molecular complexity index is 164. The number of hydrogen-bond donors (Lipinski definition) is 2. The molecule has 2 rings (SSSR count). The largest absolute Gasteiger partial charge is 0.336 e. The van der Waals surface area contributed by atoms with Crippen molar-refractivity contribution in [3.8, 4) is 0 Å².